The van der Waals surface area contributed by atoms with E-state index < -0.39 is 5.92 Å². The Labute approximate surface area is 153 Å². The van der Waals surface area contributed by atoms with E-state index in [0.717, 1.165) is 37.4 Å². The zero-order valence-corrected chi connectivity index (χ0v) is 15.3. The minimum Gasteiger partial charge on any atom is -0.496 e. The number of nitrogens with two attached hydrogens (primary N) is 1. The predicted molar refractivity (Wildman–Crippen MR) is 99.1 cm³/mol. The summed E-state index contributed by atoms with van der Waals surface area (Å²) in [6.45, 7) is 1.76. The summed E-state index contributed by atoms with van der Waals surface area (Å²) in [5, 5.41) is 1.88. The zero-order valence-electron chi connectivity index (χ0n) is 15.3. The van der Waals surface area contributed by atoms with Crippen molar-refractivity contribution in [3.8, 4) is 5.75 Å². The lowest BCUT2D eigenvalue weighted by molar-refractivity contribution is 0.0173. The molecule has 1 saturated heterocycles. The largest absolute Gasteiger partial charge is 0.496 e. The fourth-order valence-corrected chi connectivity index (χ4v) is 3.92. The number of piperidine rings is 1. The molecule has 2 atom stereocenters. The van der Waals surface area contributed by atoms with E-state index in [0.29, 0.717) is 12.2 Å². The summed E-state index contributed by atoms with van der Waals surface area (Å²) in [6, 6.07) is 14.9. The van der Waals surface area contributed by atoms with Crippen molar-refractivity contribution in [1.29, 1.82) is 0 Å². The van der Waals surface area contributed by atoms with Crippen molar-refractivity contribution < 1.29 is 13.5 Å². The summed E-state index contributed by atoms with van der Waals surface area (Å²) in [7, 11) is 1.58. The van der Waals surface area contributed by atoms with Gasteiger partial charge in [0.1, 0.15) is 5.75 Å². The number of hydrazine groups is 1. The van der Waals surface area contributed by atoms with Crippen LogP contribution in [-0.4, -0.2) is 18.7 Å². The maximum absolute atomic E-state index is 13.8. The van der Waals surface area contributed by atoms with Crippen molar-refractivity contribution in [2.24, 2.45) is 11.8 Å². The summed E-state index contributed by atoms with van der Waals surface area (Å²) >= 11 is 0. The van der Waals surface area contributed by atoms with E-state index in [1.54, 1.807) is 19.2 Å². The Bertz CT molecular complexity index is 731. The Morgan fingerprint density at radius 2 is 1.92 bits per heavy atom. The average molecular weight is 360 g/mol. The highest BCUT2D eigenvalue weighted by molar-refractivity contribution is 5.39. The normalized spacial score (nSPS) is 21.6. The average Bonchev–Trinajstić information content (AvgIpc) is 2.62. The lowest BCUT2D eigenvalue weighted by Gasteiger charge is -2.39. The van der Waals surface area contributed by atoms with E-state index in [-0.39, 0.29) is 17.5 Å². The van der Waals surface area contributed by atoms with Crippen LogP contribution < -0.4 is 10.6 Å². The van der Waals surface area contributed by atoms with Gasteiger partial charge in [-0.15, -0.1) is 0 Å². The Morgan fingerprint density at radius 1 is 1.19 bits per heavy atom. The molecule has 26 heavy (non-hydrogen) atoms. The van der Waals surface area contributed by atoms with Gasteiger partial charge in [0.15, 0.2) is 0 Å². The van der Waals surface area contributed by atoms with Gasteiger partial charge in [-0.2, -0.15) is 0 Å². The van der Waals surface area contributed by atoms with E-state index in [2.05, 4.69) is 12.1 Å². The fraction of sp³-hybridized carbons (Fsp3) is 0.429. The van der Waals surface area contributed by atoms with Crippen LogP contribution >= 0.6 is 0 Å². The van der Waals surface area contributed by atoms with Crippen molar-refractivity contribution in [2.75, 3.05) is 13.7 Å². The molecule has 5 heteroatoms. The molecule has 0 aliphatic carbocycles. The first-order valence-corrected chi connectivity index (χ1v) is 9.01. The number of benzene rings is 2. The first-order chi connectivity index (χ1) is 12.4. The molecule has 0 amide bonds. The predicted octanol–water partition coefficient (Wildman–Crippen LogP) is 4.68. The van der Waals surface area contributed by atoms with Crippen molar-refractivity contribution >= 4 is 0 Å². The summed E-state index contributed by atoms with van der Waals surface area (Å²) in [4.78, 5) is 0. The number of hydrogen-bond donors (Lipinski definition) is 1. The molecule has 1 heterocycles. The SMILES string of the molecule is COc1ccc(C(C)(F)F)cc1C[C@@H]1CCCN(N)[C@@H]1c1ccccc1. The second-order valence-corrected chi connectivity index (χ2v) is 7.11. The van der Waals surface area contributed by atoms with Gasteiger partial charge in [-0.05, 0) is 54.5 Å². The first kappa shape index (κ1) is 18.8. The topological polar surface area (TPSA) is 38.5 Å². The van der Waals surface area contributed by atoms with Gasteiger partial charge in [0, 0.05) is 19.0 Å². The number of hydrogen-bond acceptors (Lipinski definition) is 3. The van der Waals surface area contributed by atoms with Crippen LogP contribution in [0, 0.1) is 5.92 Å². The molecule has 0 bridgehead atoms. The monoisotopic (exact) mass is 360 g/mol. The van der Waals surface area contributed by atoms with E-state index in [1.165, 1.54) is 6.07 Å². The van der Waals surface area contributed by atoms with Crippen LogP contribution in [0.4, 0.5) is 8.78 Å². The molecule has 0 radical (unpaired) electrons. The van der Waals surface area contributed by atoms with Gasteiger partial charge in [-0.3, -0.25) is 5.84 Å². The maximum Gasteiger partial charge on any atom is 0.270 e. The van der Waals surface area contributed by atoms with Gasteiger partial charge in [0.05, 0.1) is 13.2 Å². The maximum atomic E-state index is 13.8. The molecule has 2 aromatic rings. The molecule has 1 fully saturated rings. The van der Waals surface area contributed by atoms with Crippen LogP contribution in [0.2, 0.25) is 0 Å². The van der Waals surface area contributed by atoms with Crippen LogP contribution in [-0.2, 0) is 12.3 Å². The Kier molecular flexibility index (Phi) is 5.58. The van der Waals surface area contributed by atoms with E-state index in [9.17, 15) is 8.78 Å². The van der Waals surface area contributed by atoms with Crippen molar-refractivity contribution in [3.05, 3.63) is 65.2 Å². The third-order valence-electron chi connectivity index (χ3n) is 5.21. The smallest absolute Gasteiger partial charge is 0.270 e. The molecule has 1 aliphatic rings. The van der Waals surface area contributed by atoms with Gasteiger partial charge in [-0.1, -0.05) is 30.3 Å². The molecular formula is C21H26F2N2O. The first-order valence-electron chi connectivity index (χ1n) is 9.01. The van der Waals surface area contributed by atoms with Gasteiger partial charge < -0.3 is 4.74 Å². The van der Waals surface area contributed by atoms with E-state index in [4.69, 9.17) is 10.6 Å². The number of methoxy groups -OCH3 is 1. The highest BCUT2D eigenvalue weighted by Crippen LogP contribution is 2.39. The molecule has 3 nitrogen and oxygen atoms in total. The van der Waals surface area contributed by atoms with Crippen LogP contribution in [0.5, 0.6) is 5.75 Å². The Balaban J connectivity index is 1.93. The fourth-order valence-electron chi connectivity index (χ4n) is 3.92. The molecule has 0 spiro atoms. The second kappa shape index (κ2) is 7.72. The molecule has 2 N–H and O–H groups in total. The second-order valence-electron chi connectivity index (χ2n) is 7.11. The highest BCUT2D eigenvalue weighted by atomic mass is 19.3. The number of ether oxygens (including phenoxy) is 1. The molecule has 140 valence electrons. The standard InChI is InChI=1S/C21H26F2N2O/c1-21(22,23)18-10-11-19(26-2)17(14-18)13-16-9-6-12-25(24)20(16)15-7-4-3-5-8-15/h3-5,7-8,10-11,14,16,20H,6,9,12-13,24H2,1-2H3/t16-,20+/m0/s1. The Morgan fingerprint density at radius 3 is 2.58 bits per heavy atom. The van der Waals surface area contributed by atoms with Crippen LogP contribution in [0.3, 0.4) is 0 Å². The minimum atomic E-state index is -2.87. The Hall–Kier alpha value is -1.98. The number of alkyl halides is 2. The van der Waals surface area contributed by atoms with E-state index in [1.807, 2.05) is 23.2 Å². The van der Waals surface area contributed by atoms with Gasteiger partial charge >= 0.3 is 0 Å². The summed E-state index contributed by atoms with van der Waals surface area (Å²) in [5.74, 6) is 4.33. The number of nitrogens with zero attached hydrogens (tertiary/aromatic N) is 1. The van der Waals surface area contributed by atoms with Gasteiger partial charge in [0.2, 0.25) is 0 Å². The van der Waals surface area contributed by atoms with Crippen molar-refractivity contribution in [2.45, 2.75) is 38.2 Å². The molecule has 0 aromatic heterocycles. The summed E-state index contributed by atoms with van der Waals surface area (Å²) in [6.07, 6.45) is 2.65. The molecule has 3 rings (SSSR count). The minimum absolute atomic E-state index is 0.0185. The third kappa shape index (κ3) is 4.05. The molecule has 0 unspecified atom stereocenters. The van der Waals surface area contributed by atoms with E-state index >= 15 is 0 Å². The van der Waals surface area contributed by atoms with Crippen molar-refractivity contribution in [3.63, 3.8) is 0 Å². The van der Waals surface area contributed by atoms with Crippen molar-refractivity contribution in [1.82, 2.24) is 5.01 Å². The quantitative estimate of drug-likeness (QED) is 0.787. The molecular weight excluding hydrogens is 334 g/mol. The van der Waals surface area contributed by atoms with Crippen LogP contribution in [0.25, 0.3) is 0 Å². The summed E-state index contributed by atoms with van der Waals surface area (Å²) < 4.78 is 33.0. The lowest BCUT2D eigenvalue weighted by Crippen LogP contribution is -2.44. The zero-order chi connectivity index (χ0) is 18.7. The third-order valence-corrected chi connectivity index (χ3v) is 5.21. The van der Waals surface area contributed by atoms with Crippen LogP contribution in [0.15, 0.2) is 48.5 Å². The van der Waals surface area contributed by atoms with Gasteiger partial charge in [-0.25, -0.2) is 13.8 Å². The molecule has 2 aromatic carbocycles. The number of rotatable bonds is 5. The molecule has 1 aliphatic heterocycles. The molecule has 0 saturated carbocycles. The summed E-state index contributed by atoms with van der Waals surface area (Å²) in [5.41, 5.74) is 1.99. The lowest BCUT2D eigenvalue weighted by atomic mass is 9.81. The van der Waals surface area contributed by atoms with Crippen LogP contribution in [0.1, 0.15) is 42.5 Å². The highest BCUT2D eigenvalue weighted by Gasteiger charge is 2.32. The van der Waals surface area contributed by atoms with Gasteiger partial charge in [0.25, 0.3) is 5.92 Å². The number of halogens is 2.